The maximum absolute atomic E-state index is 13.0. The molecule has 2 aromatic carbocycles. The van der Waals surface area contributed by atoms with Crippen molar-refractivity contribution < 1.29 is 23.9 Å². The summed E-state index contributed by atoms with van der Waals surface area (Å²) in [7, 11) is 1.53. The predicted octanol–water partition coefficient (Wildman–Crippen LogP) is 4.83. The summed E-state index contributed by atoms with van der Waals surface area (Å²) in [6, 6.07) is 13.2. The Morgan fingerprint density at radius 2 is 1.75 bits per heavy atom. The van der Waals surface area contributed by atoms with E-state index in [2.05, 4.69) is 22.9 Å². The summed E-state index contributed by atoms with van der Waals surface area (Å²) in [5.74, 6) is -0.526. The van der Waals surface area contributed by atoms with Gasteiger partial charge in [-0.3, -0.25) is 4.90 Å². The lowest BCUT2D eigenvalue weighted by atomic mass is 9.94. The van der Waals surface area contributed by atoms with Crippen LogP contribution in [0.4, 0.5) is 21.0 Å². The summed E-state index contributed by atoms with van der Waals surface area (Å²) in [6.45, 7) is 6.61. The Bertz CT molecular complexity index is 1110. The minimum absolute atomic E-state index is 0.0988. The molecule has 1 aliphatic rings. The third-order valence-corrected chi connectivity index (χ3v) is 5.88. The molecule has 4 amide bonds. The van der Waals surface area contributed by atoms with Gasteiger partial charge in [0.05, 0.1) is 18.2 Å². The van der Waals surface area contributed by atoms with Crippen molar-refractivity contribution in [3.8, 4) is 0 Å². The number of allylic oxidation sites excluding steroid dienone is 1. The highest BCUT2D eigenvalue weighted by atomic mass is 16.6. The van der Waals surface area contributed by atoms with E-state index in [9.17, 15) is 14.4 Å². The van der Waals surface area contributed by atoms with Gasteiger partial charge >= 0.3 is 18.0 Å². The van der Waals surface area contributed by atoms with Crippen LogP contribution in [0, 0.1) is 0 Å². The number of carbonyl (C=O) groups is 3. The Hall–Kier alpha value is -3.85. The van der Waals surface area contributed by atoms with Crippen LogP contribution in [0.1, 0.15) is 44.4 Å². The Morgan fingerprint density at radius 3 is 2.42 bits per heavy atom. The van der Waals surface area contributed by atoms with Crippen molar-refractivity contribution >= 4 is 29.4 Å². The molecule has 2 aromatic rings. The maximum atomic E-state index is 13.0. The molecule has 9 heteroatoms. The van der Waals surface area contributed by atoms with E-state index in [-0.39, 0.29) is 19.2 Å². The zero-order valence-electron chi connectivity index (χ0n) is 21.2. The third kappa shape index (κ3) is 6.63. The molecular weight excluding hydrogens is 460 g/mol. The number of urea groups is 2. The number of esters is 1. The second-order valence-electron chi connectivity index (χ2n) is 8.42. The molecule has 0 bridgehead atoms. The summed E-state index contributed by atoms with van der Waals surface area (Å²) in [5, 5.41) is 8.54. The van der Waals surface area contributed by atoms with E-state index in [1.54, 1.807) is 36.1 Å². The molecule has 0 aromatic heterocycles. The van der Waals surface area contributed by atoms with E-state index in [1.165, 1.54) is 12.7 Å². The van der Waals surface area contributed by atoms with E-state index >= 15 is 0 Å². The van der Waals surface area contributed by atoms with E-state index < -0.39 is 18.0 Å². The molecule has 1 unspecified atom stereocenters. The average molecular weight is 495 g/mol. The lowest BCUT2D eigenvalue weighted by molar-refractivity contribution is -0.140. The molecule has 3 N–H and O–H groups in total. The van der Waals surface area contributed by atoms with Crippen molar-refractivity contribution in [3.05, 3.63) is 70.9 Å². The number of carbonyl (C=O) groups excluding carboxylic acids is 3. The van der Waals surface area contributed by atoms with Crippen LogP contribution in [0.15, 0.2) is 59.8 Å². The minimum Gasteiger partial charge on any atom is -0.460 e. The van der Waals surface area contributed by atoms with Gasteiger partial charge in [-0.2, -0.15) is 0 Å². The van der Waals surface area contributed by atoms with Gasteiger partial charge in [-0.25, -0.2) is 14.4 Å². The number of benzene rings is 2. The van der Waals surface area contributed by atoms with Gasteiger partial charge in [0.15, 0.2) is 0 Å². The summed E-state index contributed by atoms with van der Waals surface area (Å²) in [5.41, 5.74) is 3.90. The van der Waals surface area contributed by atoms with E-state index in [4.69, 9.17) is 9.47 Å². The highest BCUT2D eigenvalue weighted by molar-refractivity contribution is 6.00. The third-order valence-electron chi connectivity index (χ3n) is 5.88. The van der Waals surface area contributed by atoms with Crippen LogP contribution in [0.25, 0.3) is 0 Å². The summed E-state index contributed by atoms with van der Waals surface area (Å²) in [6.07, 6.45) is 1.65. The predicted molar refractivity (Wildman–Crippen MR) is 139 cm³/mol. The van der Waals surface area contributed by atoms with Crippen LogP contribution in [0.3, 0.4) is 0 Å². The number of hydrogen-bond donors (Lipinski definition) is 3. The number of amides is 4. The van der Waals surface area contributed by atoms with Crippen molar-refractivity contribution in [2.24, 2.45) is 0 Å². The summed E-state index contributed by atoms with van der Waals surface area (Å²) in [4.78, 5) is 40.0. The van der Waals surface area contributed by atoms with Crippen molar-refractivity contribution in [2.75, 3.05) is 37.5 Å². The zero-order chi connectivity index (χ0) is 26.1. The van der Waals surface area contributed by atoms with Crippen LogP contribution < -0.4 is 16.0 Å². The number of nitrogens with zero attached hydrogens (tertiary/aromatic N) is 1. The lowest BCUT2D eigenvalue weighted by Gasteiger charge is -2.35. The Labute approximate surface area is 211 Å². The number of rotatable bonds is 10. The van der Waals surface area contributed by atoms with Gasteiger partial charge in [0.1, 0.15) is 6.61 Å². The smallest absolute Gasteiger partial charge is 0.338 e. The Morgan fingerprint density at radius 1 is 1.03 bits per heavy atom. The normalized spacial score (nSPS) is 15.4. The molecule has 0 saturated heterocycles. The zero-order valence-corrected chi connectivity index (χ0v) is 21.2. The number of nitrogens with one attached hydrogen (secondary N) is 3. The monoisotopic (exact) mass is 494 g/mol. The van der Waals surface area contributed by atoms with Gasteiger partial charge in [-0.05, 0) is 55.2 Å². The van der Waals surface area contributed by atoms with Crippen molar-refractivity contribution in [3.63, 3.8) is 0 Å². The molecule has 1 atom stereocenters. The van der Waals surface area contributed by atoms with E-state index in [0.29, 0.717) is 34.8 Å². The molecule has 36 heavy (non-hydrogen) atoms. The number of hydrogen-bond acceptors (Lipinski definition) is 5. The van der Waals surface area contributed by atoms with Crippen LogP contribution in [0.2, 0.25) is 0 Å². The quantitative estimate of drug-likeness (QED) is 0.324. The van der Waals surface area contributed by atoms with Gasteiger partial charge < -0.3 is 25.4 Å². The van der Waals surface area contributed by atoms with Crippen LogP contribution >= 0.6 is 0 Å². The lowest BCUT2D eigenvalue weighted by Crippen LogP contribution is -2.48. The first-order chi connectivity index (χ1) is 17.4. The minimum atomic E-state index is -0.730. The number of ether oxygens (including phenoxy) is 2. The van der Waals surface area contributed by atoms with Crippen LogP contribution in [-0.4, -0.2) is 49.8 Å². The molecule has 192 valence electrons. The molecule has 1 aliphatic heterocycles. The van der Waals surface area contributed by atoms with Gasteiger partial charge in [-0.15, -0.1) is 0 Å². The molecule has 3 rings (SSSR count). The maximum Gasteiger partial charge on any atom is 0.338 e. The van der Waals surface area contributed by atoms with Gasteiger partial charge in [0.25, 0.3) is 0 Å². The first kappa shape index (κ1) is 26.7. The number of methoxy groups -OCH3 is 1. The van der Waals surface area contributed by atoms with Gasteiger partial charge in [0.2, 0.25) is 0 Å². The Balaban J connectivity index is 1.83. The van der Waals surface area contributed by atoms with Crippen LogP contribution in [-0.2, 0) is 20.7 Å². The first-order valence-electron chi connectivity index (χ1n) is 12.1. The first-order valence-corrected chi connectivity index (χ1v) is 12.1. The number of anilines is 2. The van der Waals surface area contributed by atoms with Gasteiger partial charge in [0, 0.05) is 30.7 Å². The summed E-state index contributed by atoms with van der Waals surface area (Å²) < 4.78 is 10.4. The van der Waals surface area contributed by atoms with Gasteiger partial charge in [-0.1, -0.05) is 38.1 Å². The molecule has 9 nitrogen and oxygen atoms in total. The molecule has 0 spiro atoms. The molecule has 0 aliphatic carbocycles. The molecule has 0 fully saturated rings. The topological polar surface area (TPSA) is 109 Å². The fourth-order valence-corrected chi connectivity index (χ4v) is 4.00. The van der Waals surface area contributed by atoms with Crippen molar-refractivity contribution in [2.45, 2.75) is 39.7 Å². The van der Waals surface area contributed by atoms with Crippen molar-refractivity contribution in [1.82, 2.24) is 10.2 Å². The average Bonchev–Trinajstić information content (AvgIpc) is 2.86. The largest absolute Gasteiger partial charge is 0.460 e. The molecule has 0 radical (unpaired) electrons. The highest BCUT2D eigenvalue weighted by Crippen LogP contribution is 2.32. The second-order valence-corrected chi connectivity index (χ2v) is 8.42. The van der Waals surface area contributed by atoms with Crippen molar-refractivity contribution in [1.29, 1.82) is 0 Å². The Kier molecular flexibility index (Phi) is 9.46. The van der Waals surface area contributed by atoms with Crippen LogP contribution in [0.5, 0.6) is 0 Å². The highest BCUT2D eigenvalue weighted by Gasteiger charge is 2.36. The molecule has 0 saturated carbocycles. The van der Waals surface area contributed by atoms with E-state index in [0.717, 1.165) is 12.8 Å². The van der Waals surface area contributed by atoms with E-state index in [1.807, 2.05) is 31.2 Å². The molecular formula is C27H34N4O5. The SMILES string of the molecule is CCCN1C(=O)NC(c2cccc(NC(=O)Nc3ccc(CC)cc3)c2)C(C(=O)OCCOC)=C1C. The fraction of sp³-hybridized carbons (Fsp3) is 0.370. The molecule has 1 heterocycles. The second kappa shape index (κ2) is 12.7. The fourth-order valence-electron chi connectivity index (χ4n) is 4.00. The standard InChI is InChI=1S/C27H34N4O5/c1-5-14-31-18(3)23(25(32)36-16-15-35-4)24(30-27(31)34)20-8-7-9-22(17-20)29-26(33)28-21-12-10-19(6-2)11-13-21/h7-13,17,24H,5-6,14-16H2,1-4H3,(H,30,34)(H2,28,29,33). The summed E-state index contributed by atoms with van der Waals surface area (Å²) >= 11 is 0. The number of aryl methyl sites for hydroxylation is 1.